The zero-order valence-electron chi connectivity index (χ0n) is 12.2. The zero-order valence-corrected chi connectivity index (χ0v) is 12.2. The van der Waals surface area contributed by atoms with E-state index in [9.17, 15) is 13.2 Å². The van der Waals surface area contributed by atoms with Crippen LogP contribution >= 0.6 is 0 Å². The van der Waals surface area contributed by atoms with Gasteiger partial charge in [-0.3, -0.25) is 0 Å². The summed E-state index contributed by atoms with van der Waals surface area (Å²) in [7, 11) is 0. The van der Waals surface area contributed by atoms with Crippen LogP contribution in [0.1, 0.15) is 39.2 Å². The van der Waals surface area contributed by atoms with E-state index in [1.54, 1.807) is 12.1 Å². The van der Waals surface area contributed by atoms with Gasteiger partial charge in [-0.2, -0.15) is 0 Å². The molecule has 0 amide bonds. The van der Waals surface area contributed by atoms with E-state index in [4.69, 9.17) is 0 Å². The Morgan fingerprint density at radius 1 is 1.00 bits per heavy atom. The van der Waals surface area contributed by atoms with Crippen LogP contribution in [0.2, 0.25) is 0 Å². The first kappa shape index (κ1) is 16.8. The number of nitrogens with one attached hydrogen (secondary N) is 1. The summed E-state index contributed by atoms with van der Waals surface area (Å²) in [4.78, 5) is 0. The van der Waals surface area contributed by atoms with Crippen molar-refractivity contribution in [1.29, 1.82) is 0 Å². The Labute approximate surface area is 118 Å². The van der Waals surface area contributed by atoms with Crippen LogP contribution < -0.4 is 10.1 Å². The largest absolute Gasteiger partial charge is 0.573 e. The second kappa shape index (κ2) is 6.97. The average molecular weight is 289 g/mol. The molecular weight excluding hydrogens is 267 g/mol. The van der Waals surface area contributed by atoms with Gasteiger partial charge in [0.2, 0.25) is 0 Å². The number of hydrogen-bond acceptors (Lipinski definition) is 2. The summed E-state index contributed by atoms with van der Waals surface area (Å²) in [6, 6.07) is 6.07. The van der Waals surface area contributed by atoms with Crippen LogP contribution in [0.3, 0.4) is 0 Å². The Kier molecular flexibility index (Phi) is 5.87. The Morgan fingerprint density at radius 2 is 1.60 bits per heavy atom. The maximum Gasteiger partial charge on any atom is 0.573 e. The van der Waals surface area contributed by atoms with Crippen LogP contribution in [-0.4, -0.2) is 18.4 Å². The summed E-state index contributed by atoms with van der Waals surface area (Å²) in [5, 5.41) is 3.40. The molecule has 5 heteroatoms. The van der Waals surface area contributed by atoms with Gasteiger partial charge in [-0.1, -0.05) is 12.1 Å². The third kappa shape index (κ3) is 8.04. The lowest BCUT2D eigenvalue weighted by atomic mass is 10.1. The summed E-state index contributed by atoms with van der Waals surface area (Å²) in [5.41, 5.74) is 1.15. The van der Waals surface area contributed by atoms with Gasteiger partial charge in [0.25, 0.3) is 0 Å². The number of unbranched alkanes of at least 4 members (excludes halogenated alkanes) is 1. The fourth-order valence-corrected chi connectivity index (χ4v) is 1.78. The predicted octanol–water partition coefficient (Wildman–Crippen LogP) is 4.30. The molecule has 1 aromatic rings. The molecule has 0 bridgehead atoms. The lowest BCUT2D eigenvalue weighted by molar-refractivity contribution is -0.274. The van der Waals surface area contributed by atoms with Crippen molar-refractivity contribution in [3.05, 3.63) is 29.8 Å². The number of ether oxygens (including phenoxy) is 1. The molecule has 0 aliphatic carbocycles. The van der Waals surface area contributed by atoms with Crippen LogP contribution in [0.15, 0.2) is 24.3 Å². The van der Waals surface area contributed by atoms with E-state index in [2.05, 4.69) is 30.8 Å². The fraction of sp³-hybridized carbons (Fsp3) is 0.600. The minimum Gasteiger partial charge on any atom is -0.406 e. The lowest BCUT2D eigenvalue weighted by Gasteiger charge is -2.20. The summed E-state index contributed by atoms with van der Waals surface area (Å²) in [6.07, 6.45) is -1.72. The first-order valence-corrected chi connectivity index (χ1v) is 6.75. The molecule has 1 rings (SSSR count). The summed E-state index contributed by atoms with van der Waals surface area (Å²) in [6.45, 7) is 7.30. The molecule has 1 aromatic carbocycles. The maximum absolute atomic E-state index is 12.0. The maximum atomic E-state index is 12.0. The molecule has 0 aliphatic heterocycles. The quantitative estimate of drug-likeness (QED) is 0.789. The van der Waals surface area contributed by atoms with Gasteiger partial charge < -0.3 is 10.1 Å². The Morgan fingerprint density at radius 3 is 2.10 bits per heavy atom. The van der Waals surface area contributed by atoms with Crippen molar-refractivity contribution in [2.75, 3.05) is 6.54 Å². The van der Waals surface area contributed by atoms with Gasteiger partial charge in [0.05, 0.1) is 0 Å². The highest BCUT2D eigenvalue weighted by atomic mass is 19.4. The summed E-state index contributed by atoms with van der Waals surface area (Å²) < 4.78 is 39.8. The van der Waals surface area contributed by atoms with Crippen LogP contribution in [-0.2, 0) is 6.42 Å². The van der Waals surface area contributed by atoms with E-state index in [0.717, 1.165) is 31.4 Å². The monoisotopic (exact) mass is 289 g/mol. The van der Waals surface area contributed by atoms with E-state index in [1.807, 2.05) is 0 Å². The lowest BCUT2D eigenvalue weighted by Crippen LogP contribution is -2.36. The zero-order chi connectivity index (χ0) is 15.2. The molecular formula is C15H22F3NO. The van der Waals surface area contributed by atoms with Gasteiger partial charge in [0.15, 0.2) is 0 Å². The molecule has 0 fully saturated rings. The number of benzene rings is 1. The van der Waals surface area contributed by atoms with Gasteiger partial charge in [0.1, 0.15) is 5.75 Å². The molecule has 1 N–H and O–H groups in total. The molecule has 0 heterocycles. The van der Waals surface area contributed by atoms with Gasteiger partial charge in [-0.05, 0) is 64.3 Å². The second-order valence-electron chi connectivity index (χ2n) is 5.83. The van der Waals surface area contributed by atoms with Crippen molar-refractivity contribution in [2.45, 2.75) is 51.9 Å². The normalized spacial score (nSPS) is 12.5. The van der Waals surface area contributed by atoms with Crippen LogP contribution in [0.4, 0.5) is 13.2 Å². The van der Waals surface area contributed by atoms with E-state index < -0.39 is 6.36 Å². The van der Waals surface area contributed by atoms with Crippen molar-refractivity contribution >= 4 is 0 Å². The number of rotatable bonds is 6. The van der Waals surface area contributed by atoms with Crippen LogP contribution in [0, 0.1) is 0 Å². The number of alkyl halides is 3. The number of aryl methyl sites for hydroxylation is 1. The predicted molar refractivity (Wildman–Crippen MR) is 73.8 cm³/mol. The van der Waals surface area contributed by atoms with Crippen LogP contribution in [0.25, 0.3) is 0 Å². The molecule has 0 unspecified atom stereocenters. The molecule has 20 heavy (non-hydrogen) atoms. The summed E-state index contributed by atoms with van der Waals surface area (Å²) in [5.74, 6) is -0.171. The van der Waals surface area contributed by atoms with Crippen molar-refractivity contribution < 1.29 is 17.9 Å². The highest BCUT2D eigenvalue weighted by Gasteiger charge is 2.30. The first-order valence-electron chi connectivity index (χ1n) is 6.75. The van der Waals surface area contributed by atoms with Gasteiger partial charge in [0, 0.05) is 5.54 Å². The first-order chi connectivity index (χ1) is 9.16. The molecule has 0 spiro atoms. The third-order valence-electron chi connectivity index (χ3n) is 2.70. The molecule has 0 aliphatic rings. The van der Waals surface area contributed by atoms with Crippen molar-refractivity contribution in [3.63, 3.8) is 0 Å². The highest BCUT2D eigenvalue weighted by Crippen LogP contribution is 2.23. The van der Waals surface area contributed by atoms with E-state index >= 15 is 0 Å². The Hall–Kier alpha value is -1.23. The Balaban J connectivity index is 2.28. The van der Waals surface area contributed by atoms with Crippen molar-refractivity contribution in [3.8, 4) is 5.75 Å². The minimum absolute atomic E-state index is 0.122. The standard InChI is InChI=1S/C15H22F3NO/c1-14(2,3)19-11-5-4-6-12-7-9-13(10-8-12)20-15(16,17)18/h7-10,19H,4-6,11H2,1-3H3. The number of halogens is 3. The van der Waals surface area contributed by atoms with Crippen molar-refractivity contribution in [2.24, 2.45) is 0 Å². The third-order valence-corrected chi connectivity index (χ3v) is 2.70. The second-order valence-corrected chi connectivity index (χ2v) is 5.83. The van der Waals surface area contributed by atoms with E-state index in [0.29, 0.717) is 0 Å². The molecule has 0 aromatic heterocycles. The summed E-state index contributed by atoms with van der Waals surface area (Å²) >= 11 is 0. The van der Waals surface area contributed by atoms with Crippen LogP contribution in [0.5, 0.6) is 5.75 Å². The molecule has 2 nitrogen and oxygen atoms in total. The van der Waals surface area contributed by atoms with Gasteiger partial charge >= 0.3 is 6.36 Å². The van der Waals surface area contributed by atoms with Gasteiger partial charge in [-0.15, -0.1) is 13.2 Å². The number of hydrogen-bond donors (Lipinski definition) is 1. The van der Waals surface area contributed by atoms with Gasteiger partial charge in [-0.25, -0.2) is 0 Å². The van der Waals surface area contributed by atoms with E-state index in [1.165, 1.54) is 12.1 Å². The highest BCUT2D eigenvalue weighted by molar-refractivity contribution is 5.27. The molecule has 0 saturated heterocycles. The Bertz CT molecular complexity index is 393. The smallest absolute Gasteiger partial charge is 0.406 e. The molecule has 0 saturated carbocycles. The average Bonchev–Trinajstić information content (AvgIpc) is 2.27. The fourth-order valence-electron chi connectivity index (χ4n) is 1.78. The molecule has 114 valence electrons. The van der Waals surface area contributed by atoms with Crippen molar-refractivity contribution in [1.82, 2.24) is 5.32 Å². The minimum atomic E-state index is -4.62. The molecule has 0 radical (unpaired) electrons. The molecule has 0 atom stereocenters. The van der Waals surface area contributed by atoms with E-state index in [-0.39, 0.29) is 11.3 Å². The SMILES string of the molecule is CC(C)(C)NCCCCc1ccc(OC(F)(F)F)cc1. The topological polar surface area (TPSA) is 21.3 Å².